The lowest BCUT2D eigenvalue weighted by atomic mass is 9.94. The summed E-state index contributed by atoms with van der Waals surface area (Å²) in [5.41, 5.74) is 3.69. The van der Waals surface area contributed by atoms with E-state index in [9.17, 15) is 27.9 Å². The van der Waals surface area contributed by atoms with Crippen LogP contribution in [0.5, 0.6) is 17.6 Å². The van der Waals surface area contributed by atoms with Gasteiger partial charge in [-0.1, -0.05) is 54.1 Å². The number of carbonyl (C=O) groups is 2. The van der Waals surface area contributed by atoms with Crippen molar-refractivity contribution in [1.29, 1.82) is 0 Å². The molecule has 2 aromatic heterocycles. The molecule has 2 N–H and O–H groups in total. The van der Waals surface area contributed by atoms with Crippen molar-refractivity contribution < 1.29 is 42.1 Å². The molecular weight excluding hydrogens is 723 g/mol. The molecule has 2 heterocycles. The van der Waals surface area contributed by atoms with E-state index in [0.717, 1.165) is 46.8 Å². The fourth-order valence-electron chi connectivity index (χ4n) is 7.74. The third-order valence-corrected chi connectivity index (χ3v) is 11.4. The highest BCUT2D eigenvalue weighted by Gasteiger charge is 2.49. The fraction of sp³-hybridized carbons (Fsp3) is 0.415. The summed E-state index contributed by atoms with van der Waals surface area (Å²) < 4.78 is 60.5. The lowest BCUT2D eigenvalue weighted by Gasteiger charge is -2.21. The van der Waals surface area contributed by atoms with Gasteiger partial charge in [-0.15, -0.1) is 0 Å². The number of fused-ring (bicyclic) bond motifs is 1. The van der Waals surface area contributed by atoms with E-state index in [2.05, 4.69) is 10.3 Å². The van der Waals surface area contributed by atoms with Crippen molar-refractivity contribution in [1.82, 2.24) is 15.3 Å². The van der Waals surface area contributed by atoms with E-state index in [4.69, 9.17) is 30.8 Å². The van der Waals surface area contributed by atoms with Crippen molar-refractivity contribution in [3.05, 3.63) is 87.4 Å². The Labute approximate surface area is 316 Å². The minimum atomic E-state index is -4.77. The smallest absolute Gasteiger partial charge is 0.421 e. The first-order chi connectivity index (χ1) is 25.9. The average Bonchev–Trinajstić information content (AvgIpc) is 3.68. The van der Waals surface area contributed by atoms with E-state index in [-0.39, 0.29) is 24.3 Å². The lowest BCUT2D eigenvalue weighted by molar-refractivity contribution is -0.143. The standard InChI is InChI=1S/C41H41ClF3N3O6/c1-52-36-24(15-16-40(17-18-40)39(50)51)20-32(41(43,44)45)38(48-36)54-34-14-12-28-27(5-3-6-29(28)34)30-7-4-8-31(35(30)42)33-13-10-25(37(47-33)53-2)22-46-21-23-9-11-26(49)19-23/h3-8,10,13,20,23,34,46H,9,11-12,14-19,21-22H2,1-2H3,(H,50,51)/t23-,34+/m1/s1. The molecule has 7 rings (SSSR count). The second kappa shape index (κ2) is 15.2. The molecule has 0 unspecified atom stereocenters. The maximum atomic E-state index is 14.5. The molecule has 2 saturated carbocycles. The number of pyridine rings is 2. The summed E-state index contributed by atoms with van der Waals surface area (Å²) >= 11 is 7.11. The summed E-state index contributed by atoms with van der Waals surface area (Å²) in [5.74, 6) is -0.419. The highest BCUT2D eigenvalue weighted by Crippen LogP contribution is 2.51. The molecule has 2 aromatic carbocycles. The number of ketones is 1. The maximum Gasteiger partial charge on any atom is 0.421 e. The van der Waals surface area contributed by atoms with Crippen LogP contribution in [0.1, 0.15) is 78.9 Å². The number of nitrogens with zero attached hydrogens (tertiary/aromatic N) is 2. The molecule has 0 aliphatic heterocycles. The summed E-state index contributed by atoms with van der Waals surface area (Å²) in [6.45, 7) is 1.29. The van der Waals surface area contributed by atoms with Crippen molar-refractivity contribution in [2.45, 2.75) is 76.6 Å². The van der Waals surface area contributed by atoms with Crippen LogP contribution in [0, 0.1) is 11.3 Å². The predicted molar refractivity (Wildman–Crippen MR) is 196 cm³/mol. The van der Waals surface area contributed by atoms with Crippen LogP contribution in [0.2, 0.25) is 5.02 Å². The summed E-state index contributed by atoms with van der Waals surface area (Å²) in [4.78, 5) is 32.3. The van der Waals surface area contributed by atoms with Crippen LogP contribution >= 0.6 is 11.6 Å². The van der Waals surface area contributed by atoms with Gasteiger partial charge in [0.1, 0.15) is 17.5 Å². The van der Waals surface area contributed by atoms with Crippen LogP contribution < -0.4 is 19.5 Å². The fourth-order valence-corrected chi connectivity index (χ4v) is 8.06. The van der Waals surface area contributed by atoms with Gasteiger partial charge in [-0.2, -0.15) is 18.2 Å². The number of Topliss-reactive ketones (excluding diaryl/α,β-unsaturated/α-hetero) is 1. The summed E-state index contributed by atoms with van der Waals surface area (Å²) in [5, 5.41) is 13.5. The Bertz CT molecular complexity index is 2090. The van der Waals surface area contributed by atoms with Crippen LogP contribution in [0.3, 0.4) is 0 Å². The number of methoxy groups -OCH3 is 2. The first kappa shape index (κ1) is 37.6. The van der Waals surface area contributed by atoms with Gasteiger partial charge in [0.05, 0.1) is 30.4 Å². The molecule has 4 aromatic rings. The molecular formula is C41H41ClF3N3O6. The van der Waals surface area contributed by atoms with Gasteiger partial charge in [0.15, 0.2) is 0 Å². The Morgan fingerprint density at radius 3 is 2.35 bits per heavy atom. The molecule has 13 heteroatoms. The molecule has 284 valence electrons. The molecule has 3 aliphatic rings. The number of aryl methyl sites for hydroxylation is 1. The molecule has 0 spiro atoms. The Balaban J connectivity index is 1.13. The van der Waals surface area contributed by atoms with E-state index >= 15 is 0 Å². The lowest BCUT2D eigenvalue weighted by Crippen LogP contribution is -2.21. The van der Waals surface area contributed by atoms with Gasteiger partial charge in [-0.25, -0.2) is 4.98 Å². The number of hydrogen-bond donors (Lipinski definition) is 2. The third kappa shape index (κ3) is 7.63. The summed E-state index contributed by atoms with van der Waals surface area (Å²) in [6, 6.07) is 16.1. The van der Waals surface area contributed by atoms with E-state index in [1.54, 1.807) is 7.11 Å². The number of carboxylic acids is 1. The van der Waals surface area contributed by atoms with Crippen LogP contribution in [0.4, 0.5) is 13.2 Å². The Hall–Kier alpha value is -4.68. The second-order valence-corrected chi connectivity index (χ2v) is 14.8. The number of hydrogen-bond acceptors (Lipinski definition) is 8. The van der Waals surface area contributed by atoms with Crippen molar-refractivity contribution >= 4 is 23.4 Å². The Kier molecular flexibility index (Phi) is 10.6. The number of carbonyl (C=O) groups excluding carboxylic acids is 1. The largest absolute Gasteiger partial charge is 0.481 e. The average molecular weight is 764 g/mol. The topological polar surface area (TPSA) is 120 Å². The molecule has 0 amide bonds. The zero-order valence-electron chi connectivity index (χ0n) is 30.0. The quantitative estimate of drug-likeness (QED) is 0.130. The number of rotatable bonds is 14. The van der Waals surface area contributed by atoms with E-state index < -0.39 is 35.1 Å². The number of aromatic nitrogens is 2. The minimum Gasteiger partial charge on any atom is -0.481 e. The number of halogens is 4. The summed E-state index contributed by atoms with van der Waals surface area (Å²) in [7, 11) is 2.89. The number of nitrogens with one attached hydrogen (secondary N) is 1. The van der Waals surface area contributed by atoms with Gasteiger partial charge in [-0.3, -0.25) is 9.59 Å². The highest BCUT2D eigenvalue weighted by atomic mass is 35.5. The SMILES string of the molecule is COc1nc(-c2cccc(-c3cccc4c3CC[C@@H]4Oc3nc(OC)c(CCC4(C(=O)O)CC4)cc3C(F)(F)F)c2Cl)ccc1CNC[C@@H]1CCC(=O)C1. The highest BCUT2D eigenvalue weighted by molar-refractivity contribution is 6.36. The van der Waals surface area contributed by atoms with Crippen molar-refractivity contribution in [3.8, 4) is 40.0 Å². The second-order valence-electron chi connectivity index (χ2n) is 14.4. The van der Waals surface area contributed by atoms with Crippen LogP contribution in [0.25, 0.3) is 22.4 Å². The van der Waals surface area contributed by atoms with Crippen LogP contribution in [-0.4, -0.2) is 47.6 Å². The number of aliphatic carboxylic acids is 1. The normalized spacial score (nSPS) is 18.7. The van der Waals surface area contributed by atoms with E-state index in [0.29, 0.717) is 78.9 Å². The van der Waals surface area contributed by atoms with Crippen LogP contribution in [-0.2, 0) is 35.2 Å². The van der Waals surface area contributed by atoms with Gasteiger partial charge in [-0.05, 0) is 86.2 Å². The molecule has 0 bridgehead atoms. The third-order valence-electron chi connectivity index (χ3n) is 11.0. The van der Waals surface area contributed by atoms with Gasteiger partial charge >= 0.3 is 12.1 Å². The van der Waals surface area contributed by atoms with Gasteiger partial charge in [0, 0.05) is 41.6 Å². The molecule has 0 saturated heterocycles. The maximum absolute atomic E-state index is 14.5. The van der Waals surface area contributed by atoms with Gasteiger partial charge in [0.25, 0.3) is 0 Å². The summed E-state index contributed by atoms with van der Waals surface area (Å²) in [6.07, 6.45) is -1.10. The predicted octanol–water partition coefficient (Wildman–Crippen LogP) is 8.82. The minimum absolute atomic E-state index is 0.0222. The van der Waals surface area contributed by atoms with Crippen LogP contribution in [0.15, 0.2) is 54.6 Å². The molecule has 9 nitrogen and oxygen atoms in total. The number of carboxylic acid groups (broad SMARTS) is 1. The zero-order chi connectivity index (χ0) is 38.2. The Morgan fingerprint density at radius 2 is 1.67 bits per heavy atom. The van der Waals surface area contributed by atoms with Gasteiger partial charge in [0.2, 0.25) is 17.6 Å². The number of alkyl halides is 3. The first-order valence-electron chi connectivity index (χ1n) is 18.1. The van der Waals surface area contributed by atoms with Crippen molar-refractivity contribution in [2.75, 3.05) is 20.8 Å². The number of benzene rings is 2. The molecule has 0 radical (unpaired) electrons. The molecule has 3 aliphatic carbocycles. The Morgan fingerprint density at radius 1 is 0.944 bits per heavy atom. The number of ether oxygens (including phenoxy) is 3. The van der Waals surface area contributed by atoms with E-state index in [1.165, 1.54) is 7.11 Å². The van der Waals surface area contributed by atoms with Crippen molar-refractivity contribution in [2.24, 2.45) is 11.3 Å². The van der Waals surface area contributed by atoms with Crippen molar-refractivity contribution in [3.63, 3.8) is 0 Å². The zero-order valence-corrected chi connectivity index (χ0v) is 30.8. The van der Waals surface area contributed by atoms with E-state index in [1.807, 2.05) is 48.5 Å². The van der Waals surface area contributed by atoms with Gasteiger partial charge < -0.3 is 24.6 Å². The molecule has 54 heavy (non-hydrogen) atoms. The monoisotopic (exact) mass is 763 g/mol. The molecule has 2 atom stereocenters. The first-order valence-corrected chi connectivity index (χ1v) is 18.5. The molecule has 2 fully saturated rings.